The summed E-state index contributed by atoms with van der Waals surface area (Å²) in [7, 11) is 1.89. The van der Waals surface area contributed by atoms with Gasteiger partial charge in [0.15, 0.2) is 0 Å². The van der Waals surface area contributed by atoms with Crippen LogP contribution in [0.25, 0.3) is 0 Å². The summed E-state index contributed by atoms with van der Waals surface area (Å²) < 4.78 is 0. The van der Waals surface area contributed by atoms with Gasteiger partial charge in [0, 0.05) is 19.5 Å². The Morgan fingerprint density at radius 2 is 2.32 bits per heavy atom. The van der Waals surface area contributed by atoms with Crippen molar-refractivity contribution in [2.24, 2.45) is 17.8 Å². The fourth-order valence-corrected chi connectivity index (χ4v) is 5.82. The maximum absolute atomic E-state index is 13.0. The summed E-state index contributed by atoms with van der Waals surface area (Å²) in [6.45, 7) is 1.80. The number of thiazole rings is 1. The maximum Gasteiger partial charge on any atom is 0.245 e. The van der Waals surface area contributed by atoms with E-state index in [9.17, 15) is 4.79 Å². The van der Waals surface area contributed by atoms with Gasteiger partial charge in [0.05, 0.1) is 16.1 Å². The maximum atomic E-state index is 13.0. The number of carbonyl (C=O) groups is 1. The Morgan fingerprint density at radius 1 is 1.41 bits per heavy atom. The van der Waals surface area contributed by atoms with Gasteiger partial charge < -0.3 is 10.2 Å². The van der Waals surface area contributed by atoms with E-state index in [2.05, 4.69) is 15.2 Å². The van der Waals surface area contributed by atoms with Crippen LogP contribution < -0.4 is 5.32 Å². The molecule has 2 saturated carbocycles. The molecule has 0 spiro atoms. The summed E-state index contributed by atoms with van der Waals surface area (Å²) >= 11 is 1.61. The van der Waals surface area contributed by atoms with Gasteiger partial charge in [-0.25, -0.2) is 4.98 Å². The second-order valence-corrected chi connectivity index (χ2v) is 8.09. The molecule has 4 rings (SSSR count). The van der Waals surface area contributed by atoms with Crippen LogP contribution in [0.3, 0.4) is 0 Å². The minimum atomic E-state index is -0.189. The molecule has 1 aliphatic heterocycles. The second-order valence-electron chi connectivity index (χ2n) is 7.21. The molecule has 0 aromatic carbocycles. The first-order chi connectivity index (χ1) is 10.8. The molecule has 0 radical (unpaired) electrons. The zero-order valence-corrected chi connectivity index (χ0v) is 14.1. The molecule has 1 aromatic heterocycles. The predicted octanol–water partition coefficient (Wildman–Crippen LogP) is 2.61. The van der Waals surface area contributed by atoms with E-state index < -0.39 is 0 Å². The molecular weight excluding hydrogens is 294 g/mol. The number of carbonyl (C=O) groups excluding carboxylic acids is 1. The van der Waals surface area contributed by atoms with Gasteiger partial charge in [-0.15, -0.1) is 11.3 Å². The van der Waals surface area contributed by atoms with Gasteiger partial charge in [-0.3, -0.25) is 4.79 Å². The molecule has 1 amide bonds. The Morgan fingerprint density at radius 3 is 3.14 bits per heavy atom. The molecule has 22 heavy (non-hydrogen) atoms. The summed E-state index contributed by atoms with van der Waals surface area (Å²) in [5, 5.41) is 3.22. The summed E-state index contributed by atoms with van der Waals surface area (Å²) in [5.41, 5.74) is 2.99. The number of amides is 1. The van der Waals surface area contributed by atoms with Crippen LogP contribution in [0.2, 0.25) is 0 Å². The standard InChI is InChI=1S/C17H25N3OS/c1-18-15-16-14(19-10-22-16)5-6-20(17(15)21)9-13-8-11-3-2-4-12(13)7-11/h10-13,15,18H,2-9H2,1H3. The number of rotatable bonds is 3. The highest BCUT2D eigenvalue weighted by Crippen LogP contribution is 2.46. The van der Waals surface area contributed by atoms with Crippen molar-refractivity contribution in [2.45, 2.75) is 44.6 Å². The monoisotopic (exact) mass is 319 g/mol. The van der Waals surface area contributed by atoms with Gasteiger partial charge in [0.1, 0.15) is 6.04 Å². The number of aromatic nitrogens is 1. The van der Waals surface area contributed by atoms with Crippen molar-refractivity contribution in [3.63, 3.8) is 0 Å². The Bertz CT molecular complexity index is 558. The van der Waals surface area contributed by atoms with Gasteiger partial charge in [0.25, 0.3) is 0 Å². The minimum Gasteiger partial charge on any atom is -0.340 e. The highest BCUT2D eigenvalue weighted by atomic mass is 32.1. The molecule has 1 aromatic rings. The number of likely N-dealkylation sites (N-methyl/N-ethyl adjacent to an activating group) is 1. The Balaban J connectivity index is 1.51. The lowest BCUT2D eigenvalue weighted by molar-refractivity contribution is -0.134. The molecule has 3 aliphatic rings. The average Bonchev–Trinajstić information content (AvgIpc) is 3.06. The Hall–Kier alpha value is -0.940. The van der Waals surface area contributed by atoms with Crippen molar-refractivity contribution in [1.29, 1.82) is 0 Å². The van der Waals surface area contributed by atoms with Crippen molar-refractivity contribution in [2.75, 3.05) is 20.1 Å². The highest BCUT2D eigenvalue weighted by Gasteiger charge is 2.40. The normalized spacial score (nSPS) is 34.6. The van der Waals surface area contributed by atoms with Crippen LogP contribution in [0, 0.1) is 17.8 Å². The summed E-state index contributed by atoms with van der Waals surface area (Å²) in [6, 6.07) is -0.189. The number of hydrogen-bond donors (Lipinski definition) is 1. The third-order valence-electron chi connectivity index (χ3n) is 5.98. The third-order valence-corrected chi connectivity index (χ3v) is 6.92. The molecule has 4 nitrogen and oxygen atoms in total. The summed E-state index contributed by atoms with van der Waals surface area (Å²) in [6.07, 6.45) is 7.87. The van der Waals surface area contributed by atoms with Crippen molar-refractivity contribution >= 4 is 17.2 Å². The Kier molecular flexibility index (Phi) is 3.95. The zero-order chi connectivity index (χ0) is 15.1. The average molecular weight is 319 g/mol. The quantitative estimate of drug-likeness (QED) is 0.931. The number of nitrogens with zero attached hydrogens (tertiary/aromatic N) is 2. The van der Waals surface area contributed by atoms with E-state index in [0.29, 0.717) is 0 Å². The first kappa shape index (κ1) is 14.6. The van der Waals surface area contributed by atoms with Crippen LogP contribution in [0.5, 0.6) is 0 Å². The predicted molar refractivity (Wildman–Crippen MR) is 87.8 cm³/mol. The molecule has 5 heteroatoms. The molecule has 4 atom stereocenters. The van der Waals surface area contributed by atoms with Crippen LogP contribution in [-0.2, 0) is 11.2 Å². The van der Waals surface area contributed by atoms with E-state index in [-0.39, 0.29) is 11.9 Å². The molecular formula is C17H25N3OS. The van der Waals surface area contributed by atoms with Gasteiger partial charge in [-0.1, -0.05) is 19.3 Å². The number of fused-ring (bicyclic) bond motifs is 3. The fourth-order valence-electron chi connectivity index (χ4n) is 4.88. The first-order valence-corrected chi connectivity index (χ1v) is 9.52. The van der Waals surface area contributed by atoms with Crippen LogP contribution in [0.1, 0.15) is 48.7 Å². The van der Waals surface area contributed by atoms with E-state index in [1.165, 1.54) is 32.1 Å². The summed E-state index contributed by atoms with van der Waals surface area (Å²) in [4.78, 5) is 20.7. The lowest BCUT2D eigenvalue weighted by Crippen LogP contribution is -2.42. The first-order valence-electron chi connectivity index (χ1n) is 8.64. The molecule has 4 unspecified atom stereocenters. The van der Waals surface area contributed by atoms with E-state index in [0.717, 1.165) is 47.8 Å². The molecule has 2 heterocycles. The lowest BCUT2D eigenvalue weighted by atomic mass is 9.87. The van der Waals surface area contributed by atoms with E-state index in [4.69, 9.17) is 0 Å². The molecule has 2 aliphatic carbocycles. The number of hydrogen-bond acceptors (Lipinski definition) is 4. The summed E-state index contributed by atoms with van der Waals surface area (Å²) in [5.74, 6) is 2.80. The Labute approximate surface area is 136 Å². The largest absolute Gasteiger partial charge is 0.340 e. The zero-order valence-electron chi connectivity index (χ0n) is 13.3. The van der Waals surface area contributed by atoms with Crippen molar-refractivity contribution in [3.05, 3.63) is 16.1 Å². The van der Waals surface area contributed by atoms with Crippen LogP contribution in [-0.4, -0.2) is 35.9 Å². The topological polar surface area (TPSA) is 45.2 Å². The molecule has 1 N–H and O–H groups in total. The van der Waals surface area contributed by atoms with Crippen molar-refractivity contribution in [3.8, 4) is 0 Å². The fraction of sp³-hybridized carbons (Fsp3) is 0.765. The van der Waals surface area contributed by atoms with E-state index in [1.807, 2.05) is 12.6 Å². The smallest absolute Gasteiger partial charge is 0.245 e. The van der Waals surface area contributed by atoms with Crippen molar-refractivity contribution in [1.82, 2.24) is 15.2 Å². The molecule has 2 fully saturated rings. The van der Waals surface area contributed by atoms with Crippen LogP contribution in [0.4, 0.5) is 0 Å². The van der Waals surface area contributed by atoms with Gasteiger partial charge in [-0.05, 0) is 37.6 Å². The van der Waals surface area contributed by atoms with Gasteiger partial charge >= 0.3 is 0 Å². The van der Waals surface area contributed by atoms with Crippen LogP contribution >= 0.6 is 11.3 Å². The third kappa shape index (κ3) is 2.48. The molecule has 0 saturated heterocycles. The SMILES string of the molecule is CNC1C(=O)N(CC2CC3CCCC2C3)CCc2ncsc21. The van der Waals surface area contributed by atoms with E-state index >= 15 is 0 Å². The van der Waals surface area contributed by atoms with Crippen LogP contribution in [0.15, 0.2) is 5.51 Å². The number of nitrogens with one attached hydrogen (secondary N) is 1. The molecule has 120 valence electrons. The minimum absolute atomic E-state index is 0.189. The molecule has 2 bridgehead atoms. The second kappa shape index (κ2) is 5.93. The highest BCUT2D eigenvalue weighted by molar-refractivity contribution is 7.10. The lowest BCUT2D eigenvalue weighted by Gasteiger charge is -2.29. The van der Waals surface area contributed by atoms with Crippen molar-refractivity contribution < 1.29 is 4.79 Å². The van der Waals surface area contributed by atoms with Gasteiger partial charge in [0.2, 0.25) is 5.91 Å². The van der Waals surface area contributed by atoms with E-state index in [1.54, 1.807) is 11.3 Å². The van der Waals surface area contributed by atoms with Gasteiger partial charge in [-0.2, -0.15) is 0 Å².